The van der Waals surface area contributed by atoms with Crippen molar-refractivity contribution < 1.29 is 14.3 Å². The lowest BCUT2D eigenvalue weighted by Gasteiger charge is -2.09. The van der Waals surface area contributed by atoms with Gasteiger partial charge < -0.3 is 14.3 Å². The monoisotopic (exact) mass is 320 g/mol. The summed E-state index contributed by atoms with van der Waals surface area (Å²) in [6.07, 6.45) is 13.0. The van der Waals surface area contributed by atoms with E-state index in [9.17, 15) is 5.02 Å². The summed E-state index contributed by atoms with van der Waals surface area (Å²) in [6, 6.07) is 9.80. The van der Waals surface area contributed by atoms with Crippen molar-refractivity contribution in [1.82, 2.24) is 0 Å². The molecule has 3 nitrogen and oxygen atoms in total. The lowest BCUT2D eigenvalue weighted by atomic mass is 10.1. The van der Waals surface area contributed by atoms with E-state index >= 15 is 0 Å². The Kier molecular flexibility index (Phi) is 13.0. The number of hydrogen-bond donors (Lipinski definition) is 1. The van der Waals surface area contributed by atoms with E-state index in [1.807, 2.05) is 30.3 Å². The Hall–Kier alpha value is -0.835. The van der Waals surface area contributed by atoms with Crippen molar-refractivity contribution in [1.29, 1.82) is 0 Å². The summed E-state index contributed by atoms with van der Waals surface area (Å²) in [6.45, 7) is 3.19. The fourth-order valence-electron chi connectivity index (χ4n) is 2.56. The molecule has 0 aromatic heterocycles. The van der Waals surface area contributed by atoms with E-state index in [2.05, 4.69) is 6.92 Å². The molecule has 0 spiro atoms. The van der Waals surface area contributed by atoms with E-state index in [1.165, 1.54) is 57.8 Å². The van der Waals surface area contributed by atoms with Crippen LogP contribution in [0, 0.1) is 0 Å². The van der Waals surface area contributed by atoms with E-state index in [0.29, 0.717) is 13.2 Å². The van der Waals surface area contributed by atoms with Crippen molar-refractivity contribution in [2.75, 3.05) is 6.61 Å². The maximum absolute atomic E-state index is 9.61. The third-order valence-corrected chi connectivity index (χ3v) is 3.99. The molecule has 0 saturated heterocycles. The van der Waals surface area contributed by atoms with Crippen molar-refractivity contribution in [2.45, 2.75) is 77.7 Å². The lowest BCUT2D eigenvalue weighted by Crippen LogP contribution is -2.23. The van der Waals surface area contributed by atoms with E-state index in [0.717, 1.165) is 12.0 Å². The minimum absolute atomic E-state index is 0.375. The second kappa shape index (κ2) is 14.7. The number of hydrogen-bond acceptors (Lipinski definition) is 3. The molecule has 0 bridgehead atoms. The molecular weight excluding hydrogens is 287 g/mol. The van der Waals surface area contributed by atoms with Gasteiger partial charge in [0.25, 0.3) is 0 Å². The Morgan fingerprint density at radius 1 is 0.783 bits per heavy atom. The topological polar surface area (TPSA) is 38.7 Å². The molecule has 0 aliphatic carbocycles. The number of unbranched alkanes of at least 4 members (excludes halogenated alkanes) is 9. The van der Waals surface area contributed by atoms with Crippen LogP contribution >= 0.6 is 0 Å². The van der Waals surface area contributed by atoms with Crippen molar-refractivity contribution in [3.8, 4) is 0 Å². The Labute approximate surface area is 142 Å². The Morgan fingerprint density at radius 3 is 1.96 bits per heavy atom. The zero-order valence-electron chi connectivity index (χ0n) is 14.7. The third-order valence-electron chi connectivity index (χ3n) is 3.99. The normalized spacial score (nSPS) is 10.9. The van der Waals surface area contributed by atoms with E-state index in [4.69, 9.17) is 9.31 Å². The van der Waals surface area contributed by atoms with Gasteiger partial charge in [0.15, 0.2) is 0 Å². The quantitative estimate of drug-likeness (QED) is 0.360. The van der Waals surface area contributed by atoms with Gasteiger partial charge in [-0.3, -0.25) is 0 Å². The molecule has 1 rings (SSSR count). The summed E-state index contributed by atoms with van der Waals surface area (Å²) >= 11 is 0. The van der Waals surface area contributed by atoms with Gasteiger partial charge >= 0.3 is 7.32 Å². The van der Waals surface area contributed by atoms with Crippen molar-refractivity contribution in [3.05, 3.63) is 35.9 Å². The van der Waals surface area contributed by atoms with Gasteiger partial charge in [0.05, 0.1) is 6.61 Å². The highest BCUT2D eigenvalue weighted by Gasteiger charge is 2.14. The van der Waals surface area contributed by atoms with E-state index < -0.39 is 7.32 Å². The molecule has 23 heavy (non-hydrogen) atoms. The first-order valence-electron chi connectivity index (χ1n) is 9.28. The standard InChI is InChI=1S/C19H33BO3/c1-2-3-4-5-6-7-8-9-10-14-17-22-20(21)23-18-19-15-12-11-13-16-19/h11-13,15-16,21H,2-10,14,17-18H2,1H3. The van der Waals surface area contributed by atoms with Crippen LogP contribution in [0.15, 0.2) is 30.3 Å². The Balaban J connectivity index is 1.83. The number of benzene rings is 1. The van der Waals surface area contributed by atoms with Gasteiger partial charge in [-0.05, 0) is 12.0 Å². The van der Waals surface area contributed by atoms with Crippen LogP contribution < -0.4 is 0 Å². The lowest BCUT2D eigenvalue weighted by molar-refractivity contribution is 0.124. The highest BCUT2D eigenvalue weighted by molar-refractivity contribution is 6.34. The van der Waals surface area contributed by atoms with Crippen LogP contribution in [0.5, 0.6) is 0 Å². The minimum Gasteiger partial charge on any atom is -0.402 e. The van der Waals surface area contributed by atoms with Gasteiger partial charge in [0.2, 0.25) is 0 Å². The second-order valence-electron chi connectivity index (χ2n) is 6.16. The van der Waals surface area contributed by atoms with Gasteiger partial charge in [-0.2, -0.15) is 0 Å². The fraction of sp³-hybridized carbons (Fsp3) is 0.684. The molecule has 0 radical (unpaired) electrons. The molecule has 0 aliphatic heterocycles. The van der Waals surface area contributed by atoms with E-state index in [1.54, 1.807) is 0 Å². The van der Waals surface area contributed by atoms with Crippen LogP contribution in [0.3, 0.4) is 0 Å². The summed E-state index contributed by atoms with van der Waals surface area (Å²) < 4.78 is 10.5. The van der Waals surface area contributed by atoms with E-state index in [-0.39, 0.29) is 0 Å². The van der Waals surface area contributed by atoms with Crippen LogP contribution in [0.1, 0.15) is 76.7 Å². The van der Waals surface area contributed by atoms with Crippen molar-refractivity contribution >= 4 is 7.32 Å². The zero-order chi connectivity index (χ0) is 16.6. The summed E-state index contributed by atoms with van der Waals surface area (Å²) in [5.74, 6) is 0. The Morgan fingerprint density at radius 2 is 1.35 bits per heavy atom. The van der Waals surface area contributed by atoms with Gasteiger partial charge in [-0.25, -0.2) is 0 Å². The van der Waals surface area contributed by atoms with Crippen molar-refractivity contribution in [3.63, 3.8) is 0 Å². The third kappa shape index (κ3) is 12.3. The molecule has 0 saturated carbocycles. The molecular formula is C19H33BO3. The first kappa shape index (κ1) is 20.2. The molecule has 0 amide bonds. The molecule has 130 valence electrons. The average molecular weight is 320 g/mol. The maximum Gasteiger partial charge on any atom is 0.636 e. The van der Waals surface area contributed by atoms with Crippen LogP contribution in [0.2, 0.25) is 0 Å². The van der Waals surface area contributed by atoms with Crippen LogP contribution in [-0.2, 0) is 15.9 Å². The average Bonchev–Trinajstić information content (AvgIpc) is 2.59. The summed E-state index contributed by atoms with van der Waals surface area (Å²) in [5, 5.41) is 9.61. The van der Waals surface area contributed by atoms with Crippen molar-refractivity contribution in [2.24, 2.45) is 0 Å². The molecule has 0 unspecified atom stereocenters. The molecule has 0 aliphatic rings. The molecule has 0 fully saturated rings. The summed E-state index contributed by atoms with van der Waals surface area (Å²) in [5.41, 5.74) is 1.04. The van der Waals surface area contributed by atoms with Gasteiger partial charge in [0.1, 0.15) is 0 Å². The highest BCUT2D eigenvalue weighted by Crippen LogP contribution is 2.10. The molecule has 0 atom stereocenters. The zero-order valence-corrected chi connectivity index (χ0v) is 14.7. The SMILES string of the molecule is CCCCCCCCCCCCOB(O)OCc1ccccc1. The van der Waals surface area contributed by atoms with Crippen LogP contribution in [0.25, 0.3) is 0 Å². The fourth-order valence-corrected chi connectivity index (χ4v) is 2.56. The smallest absolute Gasteiger partial charge is 0.402 e. The second-order valence-corrected chi connectivity index (χ2v) is 6.16. The number of rotatable bonds is 15. The molecule has 0 heterocycles. The first-order chi connectivity index (χ1) is 11.3. The van der Waals surface area contributed by atoms with Gasteiger partial charge in [0, 0.05) is 6.61 Å². The largest absolute Gasteiger partial charge is 0.636 e. The predicted octanol–water partition coefficient (Wildman–Crippen LogP) is 5.12. The molecule has 1 aromatic carbocycles. The van der Waals surface area contributed by atoms with Crippen LogP contribution in [-0.4, -0.2) is 19.0 Å². The Bertz CT molecular complexity index is 359. The van der Waals surface area contributed by atoms with Gasteiger partial charge in [-0.1, -0.05) is 95.0 Å². The highest BCUT2D eigenvalue weighted by atomic mass is 16.7. The maximum atomic E-state index is 9.61. The minimum atomic E-state index is -1.12. The first-order valence-corrected chi connectivity index (χ1v) is 9.28. The molecule has 1 N–H and O–H groups in total. The van der Waals surface area contributed by atoms with Gasteiger partial charge in [-0.15, -0.1) is 0 Å². The summed E-state index contributed by atoms with van der Waals surface area (Å²) in [7, 11) is -1.12. The predicted molar refractivity (Wildman–Crippen MR) is 97.0 cm³/mol. The summed E-state index contributed by atoms with van der Waals surface area (Å²) in [4.78, 5) is 0. The van der Waals surface area contributed by atoms with Crippen LogP contribution in [0.4, 0.5) is 0 Å². The molecule has 4 heteroatoms. The molecule has 1 aromatic rings.